The molecular weight excluding hydrogens is 342 g/mol. The second kappa shape index (κ2) is 5.78. The van der Waals surface area contributed by atoms with Gasteiger partial charge in [0.25, 0.3) is 5.91 Å². The minimum atomic E-state index is -3.80. The molecule has 0 saturated carbocycles. The average molecular weight is 354 g/mol. The molecule has 0 unspecified atom stereocenters. The summed E-state index contributed by atoms with van der Waals surface area (Å²) >= 11 is 0.830. The molecule has 0 aromatic carbocycles. The molecule has 2 N–H and O–H groups in total. The number of pyridine rings is 1. The van der Waals surface area contributed by atoms with Crippen LogP contribution in [0.25, 0.3) is 0 Å². The van der Waals surface area contributed by atoms with E-state index >= 15 is 0 Å². The molecule has 1 aliphatic heterocycles. The Morgan fingerprint density at radius 1 is 1.42 bits per heavy atom. The van der Waals surface area contributed by atoms with E-state index in [1.165, 1.54) is 19.4 Å². The summed E-state index contributed by atoms with van der Waals surface area (Å²) in [6.07, 6.45) is 1.37. The lowest BCUT2D eigenvalue weighted by molar-refractivity contribution is -0.160. The van der Waals surface area contributed by atoms with Gasteiger partial charge in [0, 0.05) is 23.7 Å². The molecule has 0 aliphatic carbocycles. The lowest BCUT2D eigenvalue weighted by atomic mass is 10.1. The molecule has 1 amide bonds. The third-order valence-electron chi connectivity index (χ3n) is 3.64. The zero-order valence-corrected chi connectivity index (χ0v) is 13.3. The van der Waals surface area contributed by atoms with E-state index in [4.69, 9.17) is 5.73 Å². The van der Waals surface area contributed by atoms with Crippen LogP contribution in [0.1, 0.15) is 27.3 Å². The van der Waals surface area contributed by atoms with Crippen molar-refractivity contribution in [2.75, 3.05) is 12.8 Å². The standard InChI is InChI=1S/C14H12F2N4O3S/c1-23-11(21)7-2-3-18-9-5-20(4-8(7)9)12(22)14(15,16)10-6-24-13(17)19-10/h2-3,6H,4-5H2,1H3,(H2,17,19). The Morgan fingerprint density at radius 3 is 2.79 bits per heavy atom. The Hall–Kier alpha value is -2.62. The van der Waals surface area contributed by atoms with Crippen LogP contribution in [0.15, 0.2) is 17.6 Å². The molecule has 0 spiro atoms. The summed E-state index contributed by atoms with van der Waals surface area (Å²) in [5, 5.41) is 1.01. The van der Waals surface area contributed by atoms with Gasteiger partial charge in [-0.05, 0) is 6.07 Å². The van der Waals surface area contributed by atoms with Crippen LogP contribution in [-0.2, 0) is 28.5 Å². The molecular formula is C14H12F2N4O3S. The number of nitrogens with zero attached hydrogens (tertiary/aromatic N) is 3. The second-order valence-electron chi connectivity index (χ2n) is 5.08. The van der Waals surface area contributed by atoms with E-state index in [1.807, 2.05) is 0 Å². The summed E-state index contributed by atoms with van der Waals surface area (Å²) in [7, 11) is 1.22. The van der Waals surface area contributed by atoms with Crippen LogP contribution in [0.3, 0.4) is 0 Å². The number of rotatable bonds is 3. The zero-order chi connectivity index (χ0) is 17.5. The van der Waals surface area contributed by atoms with Crippen molar-refractivity contribution in [1.82, 2.24) is 14.9 Å². The molecule has 0 bridgehead atoms. The fraction of sp³-hybridized carbons (Fsp3) is 0.286. The van der Waals surface area contributed by atoms with Crippen molar-refractivity contribution < 1.29 is 23.1 Å². The van der Waals surface area contributed by atoms with Gasteiger partial charge in [-0.1, -0.05) is 0 Å². The first-order chi connectivity index (χ1) is 11.3. The molecule has 7 nitrogen and oxygen atoms in total. The molecule has 2 aromatic heterocycles. The molecule has 1 aliphatic rings. The first kappa shape index (κ1) is 16.2. The summed E-state index contributed by atoms with van der Waals surface area (Å²) in [6.45, 7) is -0.268. The number of aromatic nitrogens is 2. The van der Waals surface area contributed by atoms with Gasteiger partial charge in [0.15, 0.2) is 5.13 Å². The summed E-state index contributed by atoms with van der Waals surface area (Å²) in [4.78, 5) is 32.5. The highest BCUT2D eigenvalue weighted by molar-refractivity contribution is 7.13. The largest absolute Gasteiger partial charge is 0.465 e. The third-order valence-corrected chi connectivity index (χ3v) is 4.31. The molecule has 0 saturated heterocycles. The Morgan fingerprint density at radius 2 is 2.17 bits per heavy atom. The van der Waals surface area contributed by atoms with Gasteiger partial charge in [-0.3, -0.25) is 9.78 Å². The number of anilines is 1. The number of thiazole rings is 1. The second-order valence-corrected chi connectivity index (χ2v) is 5.97. The molecule has 3 heterocycles. The number of hydrogen-bond donors (Lipinski definition) is 1. The lowest BCUT2D eigenvalue weighted by Crippen LogP contribution is -2.39. The quantitative estimate of drug-likeness (QED) is 0.840. The molecule has 10 heteroatoms. The first-order valence-electron chi connectivity index (χ1n) is 6.78. The molecule has 0 fully saturated rings. The molecule has 2 aromatic rings. The van der Waals surface area contributed by atoms with Crippen molar-refractivity contribution in [3.8, 4) is 0 Å². The van der Waals surface area contributed by atoms with E-state index < -0.39 is 23.5 Å². The van der Waals surface area contributed by atoms with Crippen molar-refractivity contribution in [3.63, 3.8) is 0 Å². The Balaban J connectivity index is 1.87. The van der Waals surface area contributed by atoms with Crippen LogP contribution < -0.4 is 5.73 Å². The number of esters is 1. The van der Waals surface area contributed by atoms with E-state index in [-0.39, 0.29) is 23.8 Å². The van der Waals surface area contributed by atoms with E-state index in [2.05, 4.69) is 14.7 Å². The number of nitrogens with two attached hydrogens (primary N) is 1. The number of nitrogen functional groups attached to an aromatic ring is 1. The van der Waals surface area contributed by atoms with Crippen LogP contribution in [0.5, 0.6) is 0 Å². The monoisotopic (exact) mass is 354 g/mol. The fourth-order valence-electron chi connectivity index (χ4n) is 2.46. The number of hydrogen-bond acceptors (Lipinski definition) is 7. The third kappa shape index (κ3) is 2.58. The predicted molar refractivity (Wildman–Crippen MR) is 80.3 cm³/mol. The molecule has 3 rings (SSSR count). The number of carbonyl (C=O) groups excluding carboxylic acids is 2. The number of methoxy groups -OCH3 is 1. The highest BCUT2D eigenvalue weighted by Gasteiger charge is 2.47. The summed E-state index contributed by atoms with van der Waals surface area (Å²) in [6, 6.07) is 1.43. The van der Waals surface area contributed by atoms with Crippen LogP contribution >= 0.6 is 11.3 Å². The van der Waals surface area contributed by atoms with Crippen molar-refractivity contribution >= 4 is 28.3 Å². The molecule has 0 atom stereocenters. The number of carbonyl (C=O) groups is 2. The highest BCUT2D eigenvalue weighted by atomic mass is 32.1. The SMILES string of the molecule is COC(=O)c1ccnc2c1CN(C(=O)C(F)(F)c1csc(N)n1)C2. The first-order valence-corrected chi connectivity index (χ1v) is 7.66. The van der Waals surface area contributed by atoms with Gasteiger partial charge in [0.05, 0.1) is 24.9 Å². The van der Waals surface area contributed by atoms with Crippen LogP contribution in [0.2, 0.25) is 0 Å². The Labute approximate surface area is 139 Å². The van der Waals surface area contributed by atoms with E-state index in [1.54, 1.807) is 0 Å². The Kier molecular flexibility index (Phi) is 3.91. The van der Waals surface area contributed by atoms with Crippen molar-refractivity contribution in [2.24, 2.45) is 0 Å². The number of halogens is 2. The predicted octanol–water partition coefficient (Wildman–Crippen LogP) is 1.54. The number of fused-ring (bicyclic) bond motifs is 1. The lowest BCUT2D eigenvalue weighted by Gasteiger charge is -2.21. The van der Waals surface area contributed by atoms with Crippen LogP contribution in [-0.4, -0.2) is 33.9 Å². The van der Waals surface area contributed by atoms with Gasteiger partial charge in [-0.15, -0.1) is 11.3 Å². The Bertz CT molecular complexity index is 824. The van der Waals surface area contributed by atoms with Crippen LogP contribution in [0.4, 0.5) is 13.9 Å². The van der Waals surface area contributed by atoms with E-state index in [9.17, 15) is 18.4 Å². The van der Waals surface area contributed by atoms with Gasteiger partial charge >= 0.3 is 11.9 Å². The van der Waals surface area contributed by atoms with Gasteiger partial charge in [-0.25, -0.2) is 9.78 Å². The van der Waals surface area contributed by atoms with Gasteiger partial charge < -0.3 is 15.4 Å². The maximum absolute atomic E-state index is 14.3. The number of amides is 1. The summed E-state index contributed by atoms with van der Waals surface area (Å²) < 4.78 is 33.4. The zero-order valence-electron chi connectivity index (χ0n) is 12.5. The molecule has 24 heavy (non-hydrogen) atoms. The smallest absolute Gasteiger partial charge is 0.367 e. The number of alkyl halides is 2. The maximum atomic E-state index is 14.3. The van der Waals surface area contributed by atoms with E-state index in [0.29, 0.717) is 11.3 Å². The van der Waals surface area contributed by atoms with Gasteiger partial charge in [0.2, 0.25) is 0 Å². The minimum absolute atomic E-state index is 0.0446. The van der Waals surface area contributed by atoms with Gasteiger partial charge in [-0.2, -0.15) is 8.78 Å². The molecule has 0 radical (unpaired) electrons. The minimum Gasteiger partial charge on any atom is -0.465 e. The normalized spacial score (nSPS) is 13.7. The van der Waals surface area contributed by atoms with Gasteiger partial charge in [0.1, 0.15) is 5.69 Å². The van der Waals surface area contributed by atoms with E-state index in [0.717, 1.165) is 21.6 Å². The van der Waals surface area contributed by atoms with Crippen molar-refractivity contribution in [2.45, 2.75) is 19.0 Å². The maximum Gasteiger partial charge on any atom is 0.367 e. The fourth-order valence-corrected chi connectivity index (χ4v) is 3.04. The topological polar surface area (TPSA) is 98.4 Å². The average Bonchev–Trinajstić information content (AvgIpc) is 3.19. The highest BCUT2D eigenvalue weighted by Crippen LogP contribution is 2.35. The van der Waals surface area contributed by atoms with Crippen molar-refractivity contribution in [1.29, 1.82) is 0 Å². The van der Waals surface area contributed by atoms with Crippen molar-refractivity contribution in [3.05, 3.63) is 40.2 Å². The van der Waals surface area contributed by atoms with Crippen LogP contribution in [0, 0.1) is 0 Å². The molecule has 126 valence electrons. The summed E-state index contributed by atoms with van der Waals surface area (Å²) in [5.74, 6) is -5.83. The summed E-state index contributed by atoms with van der Waals surface area (Å²) in [5.41, 5.74) is 5.67. The number of ether oxygens (including phenoxy) is 1.